The number of primary amides is 1. The number of carbonyl (C=O) groups excluding carboxylic acids is 2. The first-order valence-electron chi connectivity index (χ1n) is 20.8. The maximum atomic E-state index is 12.9. The number of hydrogen-bond acceptors (Lipinski definition) is 7. The standard InChI is InChI=1S/C33H43NO4.C17H15NO4/c1-4-5-6-7-8-15-20-30(37-3)25-31(32(34)35)38-33(26-16-11-9-12-17-26,27-18-13-10-14-19-27)28-21-23-29(36-2)24-22-28;19-16(20)9-18-17(21)22-10-15-13-7-3-1-5-11(13)12-6-2-4-8-14(12)15/h9-14,16-19,21-24,30-31H,4-8,15,20,25H2,1-3H3,(H2,34,35);1-8,15H,9-10H2,(H,18,21)(H,19,20). The zero-order chi connectivity index (χ0) is 42.7. The lowest BCUT2D eigenvalue weighted by molar-refractivity contribution is -0.141. The Hall–Kier alpha value is -5.97. The number of alkyl carbamates (subject to hydrolysis) is 1. The van der Waals surface area contributed by atoms with E-state index < -0.39 is 36.2 Å². The maximum absolute atomic E-state index is 12.9. The summed E-state index contributed by atoms with van der Waals surface area (Å²) in [5.74, 6) is -0.884. The molecule has 5 aromatic rings. The fourth-order valence-corrected chi connectivity index (χ4v) is 7.83. The normalized spacial score (nSPS) is 12.8. The van der Waals surface area contributed by atoms with Gasteiger partial charge in [0.1, 0.15) is 30.6 Å². The molecule has 2 amide bonds. The van der Waals surface area contributed by atoms with Crippen molar-refractivity contribution in [3.63, 3.8) is 0 Å². The summed E-state index contributed by atoms with van der Waals surface area (Å²) in [6.07, 6.45) is 6.75. The van der Waals surface area contributed by atoms with Gasteiger partial charge in [-0.1, -0.05) is 167 Å². The first-order valence-corrected chi connectivity index (χ1v) is 20.8. The van der Waals surface area contributed by atoms with Crippen LogP contribution in [0.25, 0.3) is 11.1 Å². The van der Waals surface area contributed by atoms with Crippen LogP contribution in [0.3, 0.4) is 0 Å². The number of unbranched alkanes of at least 4 members (excludes halogenated alkanes) is 5. The van der Waals surface area contributed by atoms with E-state index in [4.69, 9.17) is 29.8 Å². The molecule has 6 rings (SSSR count). The van der Waals surface area contributed by atoms with Crippen molar-refractivity contribution >= 4 is 18.0 Å². The second-order valence-electron chi connectivity index (χ2n) is 14.9. The molecule has 0 radical (unpaired) electrons. The maximum Gasteiger partial charge on any atom is 0.407 e. The highest BCUT2D eigenvalue weighted by Gasteiger charge is 2.42. The molecule has 0 aromatic heterocycles. The van der Waals surface area contributed by atoms with Crippen LogP contribution in [-0.4, -0.2) is 62.7 Å². The Labute approximate surface area is 354 Å². The Morgan fingerprint density at radius 1 is 0.700 bits per heavy atom. The van der Waals surface area contributed by atoms with Crippen molar-refractivity contribution in [3.05, 3.63) is 161 Å². The highest BCUT2D eigenvalue weighted by molar-refractivity contribution is 5.80. The third kappa shape index (κ3) is 11.8. The molecule has 2 atom stereocenters. The van der Waals surface area contributed by atoms with Crippen molar-refractivity contribution in [2.75, 3.05) is 27.4 Å². The molecule has 10 heteroatoms. The number of carboxylic acids is 1. The Morgan fingerprint density at radius 2 is 1.22 bits per heavy atom. The lowest BCUT2D eigenvalue weighted by Crippen LogP contribution is -2.44. The minimum absolute atomic E-state index is 0.0250. The quantitative estimate of drug-likeness (QED) is 0.0491. The SMILES string of the molecule is CCCCCCCCC(CC(OC(c1ccccc1)(c1ccccc1)c1ccc(OC)cc1)C(N)=O)OC.O=C(O)CNC(=O)OCC1c2ccccc2-c2ccccc21. The number of fused-ring (bicyclic) bond motifs is 3. The number of amides is 2. The second-order valence-corrected chi connectivity index (χ2v) is 14.9. The molecule has 0 bridgehead atoms. The number of hydrogen-bond donors (Lipinski definition) is 3. The van der Waals surface area contributed by atoms with Crippen LogP contribution < -0.4 is 15.8 Å². The Morgan fingerprint density at radius 3 is 1.73 bits per heavy atom. The van der Waals surface area contributed by atoms with Crippen molar-refractivity contribution in [1.29, 1.82) is 0 Å². The van der Waals surface area contributed by atoms with Crippen molar-refractivity contribution in [3.8, 4) is 16.9 Å². The average molecular weight is 815 g/mol. The van der Waals surface area contributed by atoms with Crippen LogP contribution in [0, 0.1) is 0 Å². The van der Waals surface area contributed by atoms with Gasteiger partial charge in [-0.25, -0.2) is 4.79 Å². The van der Waals surface area contributed by atoms with Gasteiger partial charge in [-0.3, -0.25) is 9.59 Å². The van der Waals surface area contributed by atoms with Crippen LogP contribution in [0.15, 0.2) is 133 Å². The molecule has 0 aliphatic heterocycles. The monoisotopic (exact) mass is 814 g/mol. The number of carbonyl (C=O) groups is 3. The first-order chi connectivity index (χ1) is 29.2. The number of aliphatic carboxylic acids is 1. The molecule has 0 saturated carbocycles. The summed E-state index contributed by atoms with van der Waals surface area (Å²) in [6, 6.07) is 43.8. The van der Waals surface area contributed by atoms with Crippen molar-refractivity contribution in [2.45, 2.75) is 82.0 Å². The van der Waals surface area contributed by atoms with Crippen molar-refractivity contribution in [1.82, 2.24) is 5.32 Å². The van der Waals surface area contributed by atoms with Crippen LogP contribution >= 0.6 is 0 Å². The van der Waals surface area contributed by atoms with Crippen molar-refractivity contribution < 1.29 is 38.4 Å². The smallest absolute Gasteiger partial charge is 0.407 e. The molecule has 316 valence electrons. The molecule has 2 unspecified atom stereocenters. The summed E-state index contributed by atoms with van der Waals surface area (Å²) in [5, 5.41) is 10.7. The molecule has 0 spiro atoms. The molecule has 0 heterocycles. The molecule has 60 heavy (non-hydrogen) atoms. The zero-order valence-corrected chi connectivity index (χ0v) is 34.9. The van der Waals surface area contributed by atoms with Crippen LogP contribution in [0.1, 0.15) is 92.0 Å². The molecule has 0 saturated heterocycles. The summed E-state index contributed by atoms with van der Waals surface area (Å²) in [7, 11) is 3.34. The van der Waals surface area contributed by atoms with E-state index in [0.29, 0.717) is 6.42 Å². The predicted octanol–water partition coefficient (Wildman–Crippen LogP) is 9.62. The molecule has 0 fully saturated rings. The minimum atomic E-state index is -1.10. The molecule has 1 aliphatic carbocycles. The van der Waals surface area contributed by atoms with Gasteiger partial charge >= 0.3 is 12.1 Å². The molecule has 5 aromatic carbocycles. The van der Waals surface area contributed by atoms with Gasteiger partial charge in [-0.15, -0.1) is 0 Å². The van der Waals surface area contributed by atoms with Crippen LogP contribution in [0.5, 0.6) is 5.75 Å². The van der Waals surface area contributed by atoms with E-state index in [1.807, 2.05) is 121 Å². The Kier molecular flexibility index (Phi) is 17.3. The molecule has 4 N–H and O–H groups in total. The van der Waals surface area contributed by atoms with Crippen molar-refractivity contribution in [2.24, 2.45) is 5.73 Å². The topological polar surface area (TPSA) is 146 Å². The van der Waals surface area contributed by atoms with E-state index >= 15 is 0 Å². The van der Waals surface area contributed by atoms with Gasteiger partial charge in [0.2, 0.25) is 5.91 Å². The fourth-order valence-electron chi connectivity index (χ4n) is 7.83. The number of nitrogens with two attached hydrogens (primary N) is 1. The lowest BCUT2D eigenvalue weighted by atomic mass is 9.79. The number of methoxy groups -OCH3 is 2. The lowest BCUT2D eigenvalue weighted by Gasteiger charge is -2.39. The van der Waals surface area contributed by atoms with Crippen LogP contribution in [0.4, 0.5) is 4.79 Å². The second kappa shape index (κ2) is 23.0. The number of rotatable bonds is 21. The Bertz CT molecular complexity index is 2010. The van der Waals surface area contributed by atoms with Gasteiger partial charge in [-0.2, -0.15) is 0 Å². The molecule has 10 nitrogen and oxygen atoms in total. The largest absolute Gasteiger partial charge is 0.497 e. The van der Waals surface area contributed by atoms with E-state index in [0.717, 1.165) is 64.0 Å². The fraction of sp³-hybridized carbons (Fsp3) is 0.340. The van der Waals surface area contributed by atoms with Gasteiger partial charge < -0.3 is 35.1 Å². The number of carboxylic acid groups (broad SMARTS) is 1. The van der Waals surface area contributed by atoms with Gasteiger partial charge in [0.05, 0.1) is 13.2 Å². The highest BCUT2D eigenvalue weighted by Crippen LogP contribution is 2.45. The number of benzene rings is 5. The van der Waals surface area contributed by atoms with Crippen LogP contribution in [0.2, 0.25) is 0 Å². The molecule has 1 aliphatic rings. The van der Waals surface area contributed by atoms with Gasteiger partial charge in [0, 0.05) is 19.4 Å². The molecular formula is C50H58N2O8. The summed E-state index contributed by atoms with van der Waals surface area (Å²) < 4.78 is 23.3. The van der Waals surface area contributed by atoms with E-state index in [-0.39, 0.29) is 18.6 Å². The third-order valence-corrected chi connectivity index (χ3v) is 10.9. The summed E-state index contributed by atoms with van der Waals surface area (Å²) in [6.45, 7) is 1.96. The summed E-state index contributed by atoms with van der Waals surface area (Å²) in [5.41, 5.74) is 12.2. The van der Waals surface area contributed by atoms with E-state index in [1.165, 1.54) is 25.7 Å². The van der Waals surface area contributed by atoms with E-state index in [9.17, 15) is 14.4 Å². The third-order valence-electron chi connectivity index (χ3n) is 10.9. The summed E-state index contributed by atoms with van der Waals surface area (Å²) >= 11 is 0. The average Bonchev–Trinajstić information content (AvgIpc) is 3.61. The van der Waals surface area contributed by atoms with E-state index in [2.05, 4.69) is 24.4 Å². The highest BCUT2D eigenvalue weighted by atomic mass is 16.5. The van der Waals surface area contributed by atoms with Gasteiger partial charge in [0.15, 0.2) is 0 Å². The number of nitrogens with one attached hydrogen (secondary N) is 1. The van der Waals surface area contributed by atoms with Gasteiger partial charge in [-0.05, 0) is 57.5 Å². The molecular weight excluding hydrogens is 757 g/mol. The van der Waals surface area contributed by atoms with E-state index in [1.54, 1.807) is 14.2 Å². The van der Waals surface area contributed by atoms with Crippen LogP contribution in [-0.2, 0) is 29.4 Å². The summed E-state index contributed by atoms with van der Waals surface area (Å²) in [4.78, 5) is 34.8. The Balaban J connectivity index is 0.000000261. The number of ether oxygens (including phenoxy) is 4. The predicted molar refractivity (Wildman–Crippen MR) is 234 cm³/mol. The zero-order valence-electron chi connectivity index (χ0n) is 34.9. The van der Waals surface area contributed by atoms with Gasteiger partial charge in [0.25, 0.3) is 0 Å². The first kappa shape index (κ1) is 45.1. The minimum Gasteiger partial charge on any atom is -0.497 e.